The highest BCUT2D eigenvalue weighted by molar-refractivity contribution is 5.93. The highest BCUT2D eigenvalue weighted by Crippen LogP contribution is 2.33. The van der Waals surface area contributed by atoms with E-state index in [1.165, 1.54) is 12.1 Å². The van der Waals surface area contributed by atoms with E-state index >= 15 is 0 Å². The maximum absolute atomic E-state index is 13.1. The third-order valence-corrected chi connectivity index (χ3v) is 6.56. The minimum absolute atomic E-state index is 0.0900. The highest BCUT2D eigenvalue weighted by atomic mass is 19.4. The normalized spacial score (nSPS) is 11.3. The second-order valence-electron chi connectivity index (χ2n) is 9.71. The summed E-state index contributed by atoms with van der Waals surface area (Å²) in [6, 6.07) is 25.7. The van der Waals surface area contributed by atoms with E-state index in [0.717, 1.165) is 36.2 Å². The summed E-state index contributed by atoms with van der Waals surface area (Å²) < 4.78 is 38.9. The van der Waals surface area contributed by atoms with Crippen molar-refractivity contribution in [3.05, 3.63) is 108 Å². The fourth-order valence-electron chi connectivity index (χ4n) is 4.62. The number of aromatic nitrogens is 5. The molecular formula is C31H28F3N7O. The van der Waals surface area contributed by atoms with Crippen molar-refractivity contribution in [1.82, 2.24) is 25.6 Å². The molecule has 1 amide bonds. The van der Waals surface area contributed by atoms with E-state index < -0.39 is 11.7 Å². The summed E-state index contributed by atoms with van der Waals surface area (Å²) >= 11 is 0. The van der Waals surface area contributed by atoms with Crippen molar-refractivity contribution < 1.29 is 18.0 Å². The highest BCUT2D eigenvalue weighted by Gasteiger charge is 2.30. The molecule has 5 rings (SSSR count). The van der Waals surface area contributed by atoms with Crippen LogP contribution >= 0.6 is 0 Å². The summed E-state index contributed by atoms with van der Waals surface area (Å²) in [5.74, 6) is 0.695. The molecule has 0 bridgehead atoms. The Bertz CT molecular complexity index is 1620. The number of tetrazole rings is 1. The predicted molar refractivity (Wildman–Crippen MR) is 154 cm³/mol. The Morgan fingerprint density at radius 3 is 2.29 bits per heavy atom. The van der Waals surface area contributed by atoms with Crippen LogP contribution in [0, 0.1) is 0 Å². The minimum Gasteiger partial charge on any atom is -0.352 e. The SMILES string of the molecule is CCCN(Cc1ccccc1)c1cc(NC(=O)Cc2ccc(C(F)(F)F)cc2)cc(-c2ccccc2-c2nn[nH]n2)n1. The van der Waals surface area contributed by atoms with Gasteiger partial charge in [0, 0.05) is 36.0 Å². The first-order valence-electron chi connectivity index (χ1n) is 13.4. The van der Waals surface area contributed by atoms with Gasteiger partial charge in [-0.05, 0) is 41.0 Å². The molecule has 11 heteroatoms. The molecule has 0 aliphatic rings. The molecule has 214 valence electrons. The number of hydrogen-bond donors (Lipinski definition) is 2. The first-order valence-corrected chi connectivity index (χ1v) is 13.4. The number of H-pyrrole nitrogens is 1. The third kappa shape index (κ3) is 6.98. The van der Waals surface area contributed by atoms with Gasteiger partial charge in [0.15, 0.2) is 0 Å². The number of rotatable bonds is 10. The second-order valence-corrected chi connectivity index (χ2v) is 9.71. The Morgan fingerprint density at radius 1 is 0.905 bits per heavy atom. The van der Waals surface area contributed by atoms with Crippen molar-refractivity contribution >= 4 is 17.4 Å². The lowest BCUT2D eigenvalue weighted by Gasteiger charge is -2.25. The van der Waals surface area contributed by atoms with Gasteiger partial charge in [0.25, 0.3) is 0 Å². The lowest BCUT2D eigenvalue weighted by Crippen LogP contribution is -2.25. The van der Waals surface area contributed by atoms with Crippen molar-refractivity contribution in [2.24, 2.45) is 0 Å². The molecule has 0 saturated carbocycles. The van der Waals surface area contributed by atoms with Gasteiger partial charge < -0.3 is 10.2 Å². The predicted octanol–water partition coefficient (Wildman–Crippen LogP) is 6.55. The van der Waals surface area contributed by atoms with Gasteiger partial charge in [-0.15, -0.1) is 10.2 Å². The summed E-state index contributed by atoms with van der Waals surface area (Å²) in [5.41, 5.74) is 3.37. The quantitative estimate of drug-likeness (QED) is 0.197. The average molecular weight is 572 g/mol. The summed E-state index contributed by atoms with van der Waals surface area (Å²) in [5, 5.41) is 17.3. The summed E-state index contributed by atoms with van der Waals surface area (Å²) in [4.78, 5) is 20.2. The zero-order valence-corrected chi connectivity index (χ0v) is 22.8. The van der Waals surface area contributed by atoms with Crippen LogP contribution in [0.2, 0.25) is 0 Å². The van der Waals surface area contributed by atoms with Crippen LogP contribution in [-0.4, -0.2) is 38.1 Å². The summed E-state index contributed by atoms with van der Waals surface area (Å²) in [6.07, 6.45) is -3.66. The van der Waals surface area contributed by atoms with E-state index in [2.05, 4.69) is 37.8 Å². The van der Waals surface area contributed by atoms with Crippen LogP contribution in [0.4, 0.5) is 24.7 Å². The Hall–Kier alpha value is -5.06. The molecule has 0 atom stereocenters. The van der Waals surface area contributed by atoms with Crippen LogP contribution in [0.15, 0.2) is 91.0 Å². The number of alkyl halides is 3. The van der Waals surface area contributed by atoms with Crippen LogP contribution in [-0.2, 0) is 23.9 Å². The lowest BCUT2D eigenvalue weighted by molar-refractivity contribution is -0.137. The third-order valence-electron chi connectivity index (χ3n) is 6.56. The first-order chi connectivity index (χ1) is 20.3. The number of carbonyl (C=O) groups is 1. The van der Waals surface area contributed by atoms with Gasteiger partial charge in [-0.2, -0.15) is 18.4 Å². The maximum atomic E-state index is 13.1. The number of amides is 1. The average Bonchev–Trinajstić information content (AvgIpc) is 3.52. The van der Waals surface area contributed by atoms with E-state index in [-0.39, 0.29) is 12.3 Å². The van der Waals surface area contributed by atoms with Crippen LogP contribution in [0.5, 0.6) is 0 Å². The number of benzene rings is 3. The molecule has 2 aromatic heterocycles. The molecule has 8 nitrogen and oxygen atoms in total. The number of carbonyl (C=O) groups excluding carboxylic acids is 1. The maximum Gasteiger partial charge on any atom is 0.416 e. The van der Waals surface area contributed by atoms with Crippen molar-refractivity contribution in [1.29, 1.82) is 0 Å². The summed E-state index contributed by atoms with van der Waals surface area (Å²) in [7, 11) is 0. The van der Waals surface area contributed by atoms with Crippen molar-refractivity contribution in [3.8, 4) is 22.6 Å². The number of hydrogen-bond acceptors (Lipinski definition) is 6. The molecule has 5 aromatic rings. The van der Waals surface area contributed by atoms with Gasteiger partial charge in [0.2, 0.25) is 11.7 Å². The molecule has 42 heavy (non-hydrogen) atoms. The molecule has 0 saturated heterocycles. The summed E-state index contributed by atoms with van der Waals surface area (Å²) in [6.45, 7) is 3.41. The zero-order chi connectivity index (χ0) is 29.5. The topological polar surface area (TPSA) is 99.7 Å². The van der Waals surface area contributed by atoms with Crippen LogP contribution in [0.25, 0.3) is 22.6 Å². The van der Waals surface area contributed by atoms with Gasteiger partial charge in [0.1, 0.15) is 5.82 Å². The Morgan fingerprint density at radius 2 is 1.62 bits per heavy atom. The van der Waals surface area contributed by atoms with E-state index in [4.69, 9.17) is 4.98 Å². The van der Waals surface area contributed by atoms with Gasteiger partial charge in [-0.1, -0.05) is 73.7 Å². The molecule has 0 unspecified atom stereocenters. The molecule has 0 spiro atoms. The van der Waals surface area contributed by atoms with Crippen LogP contribution in [0.1, 0.15) is 30.0 Å². The fourth-order valence-corrected chi connectivity index (χ4v) is 4.62. The standard InChI is InChI=1S/C31H28F3N7O/c1-2-16-41(20-22-8-4-3-5-9-22)28-19-24(35-29(42)17-21-12-14-23(15-13-21)31(32,33)34)18-27(36-28)25-10-6-7-11-26(25)30-37-39-40-38-30/h3-15,18-19H,2,16-17,20H2,1H3,(H,35,36,42)(H,37,38,39,40). The molecule has 2 N–H and O–H groups in total. The smallest absolute Gasteiger partial charge is 0.352 e. The zero-order valence-electron chi connectivity index (χ0n) is 22.8. The molecule has 0 aliphatic carbocycles. The van der Waals surface area contributed by atoms with Crippen LogP contribution in [0.3, 0.4) is 0 Å². The van der Waals surface area contributed by atoms with Gasteiger partial charge in [0.05, 0.1) is 17.7 Å². The van der Waals surface area contributed by atoms with Gasteiger partial charge >= 0.3 is 6.18 Å². The van der Waals surface area contributed by atoms with E-state index in [1.54, 1.807) is 6.07 Å². The number of aromatic amines is 1. The lowest BCUT2D eigenvalue weighted by atomic mass is 10.0. The van der Waals surface area contributed by atoms with E-state index in [1.807, 2.05) is 60.7 Å². The largest absolute Gasteiger partial charge is 0.416 e. The Balaban J connectivity index is 1.50. The number of halogens is 3. The molecule has 2 heterocycles. The number of anilines is 2. The number of nitrogens with zero attached hydrogens (tertiary/aromatic N) is 5. The monoisotopic (exact) mass is 571 g/mol. The van der Waals surface area contributed by atoms with Crippen LogP contribution < -0.4 is 10.2 Å². The molecule has 0 aliphatic heterocycles. The Kier molecular flexibility index (Phi) is 8.56. The van der Waals surface area contributed by atoms with Crippen molar-refractivity contribution in [2.75, 3.05) is 16.8 Å². The second kappa shape index (κ2) is 12.6. The van der Waals surface area contributed by atoms with E-state index in [9.17, 15) is 18.0 Å². The minimum atomic E-state index is -4.44. The fraction of sp³-hybridized carbons (Fsp3) is 0.194. The van der Waals surface area contributed by atoms with E-state index in [0.29, 0.717) is 40.7 Å². The first kappa shape index (κ1) is 28.5. The van der Waals surface area contributed by atoms with Crippen molar-refractivity contribution in [3.63, 3.8) is 0 Å². The van der Waals surface area contributed by atoms with Gasteiger partial charge in [-0.3, -0.25) is 4.79 Å². The van der Waals surface area contributed by atoms with Gasteiger partial charge in [-0.25, -0.2) is 4.98 Å². The Labute approximate surface area is 240 Å². The molecule has 0 radical (unpaired) electrons. The molecule has 0 fully saturated rings. The molecule has 3 aromatic carbocycles. The van der Waals surface area contributed by atoms with Crippen molar-refractivity contribution in [2.45, 2.75) is 32.5 Å². The number of nitrogens with one attached hydrogen (secondary N) is 2. The molecular weight excluding hydrogens is 543 g/mol. The number of pyridine rings is 1.